The van der Waals surface area contributed by atoms with E-state index < -0.39 is 5.97 Å². The molecule has 0 saturated heterocycles. The molecule has 0 saturated carbocycles. The van der Waals surface area contributed by atoms with Crippen molar-refractivity contribution in [3.8, 4) is 0 Å². The van der Waals surface area contributed by atoms with E-state index in [1.807, 2.05) is 13.8 Å². The Morgan fingerprint density at radius 3 is 2.88 bits per heavy atom. The highest BCUT2D eigenvalue weighted by atomic mass is 32.2. The molecule has 0 atom stereocenters. The molecule has 0 aliphatic rings. The van der Waals surface area contributed by atoms with Crippen LogP contribution < -0.4 is 5.56 Å². The van der Waals surface area contributed by atoms with E-state index in [0.29, 0.717) is 22.1 Å². The molecule has 0 unspecified atom stereocenters. The highest BCUT2D eigenvalue weighted by Crippen LogP contribution is 2.29. The number of carbonyl (C=O) groups is 1. The topological polar surface area (TPSA) is 74.3 Å². The van der Waals surface area contributed by atoms with E-state index in [1.165, 1.54) is 30.2 Å². The maximum Gasteiger partial charge on any atom is 0.373 e. The van der Waals surface area contributed by atoms with Crippen molar-refractivity contribution >= 4 is 39.3 Å². The Morgan fingerprint density at radius 2 is 2.17 bits per heavy atom. The summed E-state index contributed by atoms with van der Waals surface area (Å²) in [5.41, 5.74) is 0.951. The zero-order valence-electron chi connectivity index (χ0n) is 13.7. The van der Waals surface area contributed by atoms with Crippen LogP contribution in [-0.2, 0) is 17.5 Å². The summed E-state index contributed by atoms with van der Waals surface area (Å²) in [5.74, 6) is 0.734. The summed E-state index contributed by atoms with van der Waals surface area (Å²) in [7, 11) is 3.02. The van der Waals surface area contributed by atoms with Crippen molar-refractivity contribution in [2.45, 2.75) is 24.8 Å². The third kappa shape index (κ3) is 2.87. The number of thioether (sulfide) groups is 1. The van der Waals surface area contributed by atoms with Crippen molar-refractivity contribution in [2.24, 2.45) is 7.05 Å². The molecule has 0 bridgehead atoms. The molecule has 126 valence electrons. The molecular weight excluding hydrogens is 348 g/mol. The third-order valence-electron chi connectivity index (χ3n) is 3.76. The molecule has 3 aromatic rings. The van der Waals surface area contributed by atoms with Crippen LogP contribution in [0.15, 0.2) is 26.5 Å². The molecule has 0 fully saturated rings. The zero-order valence-corrected chi connectivity index (χ0v) is 15.3. The number of aryl methyl sites for hydroxylation is 2. The number of esters is 1. The fraction of sp³-hybridized carbons (Fsp3) is 0.312. The minimum absolute atomic E-state index is 0.0426. The first-order chi connectivity index (χ1) is 11.4. The Hall–Kier alpha value is -2.06. The van der Waals surface area contributed by atoms with E-state index in [-0.39, 0.29) is 11.3 Å². The van der Waals surface area contributed by atoms with Gasteiger partial charge in [0.05, 0.1) is 18.2 Å². The fourth-order valence-corrected chi connectivity index (χ4v) is 4.22. The minimum atomic E-state index is -0.511. The third-order valence-corrected chi connectivity index (χ3v) is 5.91. The van der Waals surface area contributed by atoms with Gasteiger partial charge in [0.15, 0.2) is 5.16 Å². The van der Waals surface area contributed by atoms with Crippen molar-refractivity contribution in [3.05, 3.63) is 44.4 Å². The summed E-state index contributed by atoms with van der Waals surface area (Å²) in [6.07, 6.45) is 0. The van der Waals surface area contributed by atoms with Gasteiger partial charge < -0.3 is 9.15 Å². The van der Waals surface area contributed by atoms with E-state index in [4.69, 9.17) is 4.42 Å². The molecule has 3 rings (SSSR count). The maximum atomic E-state index is 12.6. The number of furan rings is 1. The lowest BCUT2D eigenvalue weighted by Gasteiger charge is -2.06. The van der Waals surface area contributed by atoms with E-state index >= 15 is 0 Å². The molecule has 3 aromatic heterocycles. The molecule has 0 aromatic carbocycles. The molecule has 6 nitrogen and oxygen atoms in total. The van der Waals surface area contributed by atoms with E-state index in [9.17, 15) is 9.59 Å². The quantitative estimate of drug-likeness (QED) is 0.402. The second kappa shape index (κ2) is 6.45. The standard InChI is InChI=1S/C16H16N2O4S2/c1-8-9(2)24-13-12(8)14(19)18(3)16(17-13)23-7-10-5-6-11(22-10)15(20)21-4/h5-6H,7H2,1-4H3. The molecule has 0 aliphatic heterocycles. The van der Waals surface area contributed by atoms with Crippen LogP contribution in [0, 0.1) is 13.8 Å². The van der Waals surface area contributed by atoms with Crippen LogP contribution in [-0.4, -0.2) is 22.6 Å². The van der Waals surface area contributed by atoms with Crippen molar-refractivity contribution in [1.82, 2.24) is 9.55 Å². The number of thiophene rings is 1. The smallest absolute Gasteiger partial charge is 0.373 e. The van der Waals surface area contributed by atoms with Crippen LogP contribution in [0.25, 0.3) is 10.2 Å². The monoisotopic (exact) mass is 364 g/mol. The largest absolute Gasteiger partial charge is 0.463 e. The molecule has 3 heterocycles. The average Bonchev–Trinajstić information content (AvgIpc) is 3.14. The number of methoxy groups -OCH3 is 1. The Kier molecular flexibility index (Phi) is 4.51. The molecule has 8 heteroatoms. The summed E-state index contributed by atoms with van der Waals surface area (Å²) in [6, 6.07) is 3.29. The van der Waals surface area contributed by atoms with Crippen LogP contribution in [0.4, 0.5) is 0 Å². The average molecular weight is 364 g/mol. The van der Waals surface area contributed by atoms with Gasteiger partial charge in [-0.1, -0.05) is 11.8 Å². The highest BCUT2D eigenvalue weighted by molar-refractivity contribution is 7.98. The molecule has 0 spiro atoms. The number of ether oxygens (including phenoxy) is 1. The Balaban J connectivity index is 1.88. The van der Waals surface area contributed by atoms with Crippen LogP contribution in [0.3, 0.4) is 0 Å². The van der Waals surface area contributed by atoms with Gasteiger partial charge in [0, 0.05) is 11.9 Å². The van der Waals surface area contributed by atoms with Gasteiger partial charge in [0.1, 0.15) is 10.6 Å². The van der Waals surface area contributed by atoms with Crippen molar-refractivity contribution in [1.29, 1.82) is 0 Å². The first kappa shape index (κ1) is 16.8. The Bertz CT molecular complexity index is 984. The second-order valence-corrected chi connectivity index (χ2v) is 7.41. The summed E-state index contributed by atoms with van der Waals surface area (Å²) < 4.78 is 11.6. The fourth-order valence-electron chi connectivity index (χ4n) is 2.29. The highest BCUT2D eigenvalue weighted by Gasteiger charge is 2.16. The number of nitrogens with zero attached hydrogens (tertiary/aromatic N) is 2. The second-order valence-electron chi connectivity index (χ2n) is 5.27. The maximum absolute atomic E-state index is 12.6. The SMILES string of the molecule is COC(=O)c1ccc(CSc2nc3sc(C)c(C)c3c(=O)n2C)o1. The number of aromatic nitrogens is 2. The molecule has 0 amide bonds. The van der Waals surface area contributed by atoms with Gasteiger partial charge in [-0.25, -0.2) is 9.78 Å². The number of fused-ring (bicyclic) bond motifs is 1. The molecule has 0 N–H and O–H groups in total. The van der Waals surface area contributed by atoms with Gasteiger partial charge in [-0.2, -0.15) is 0 Å². The lowest BCUT2D eigenvalue weighted by molar-refractivity contribution is 0.0563. The van der Waals surface area contributed by atoms with Crippen molar-refractivity contribution < 1.29 is 13.9 Å². The molecule has 24 heavy (non-hydrogen) atoms. The predicted molar refractivity (Wildman–Crippen MR) is 93.9 cm³/mol. The predicted octanol–water partition coefficient (Wildman–Crippen LogP) is 3.28. The van der Waals surface area contributed by atoms with Gasteiger partial charge in [-0.05, 0) is 31.5 Å². The van der Waals surface area contributed by atoms with Crippen LogP contribution >= 0.6 is 23.1 Å². The molecule has 0 radical (unpaired) electrons. The summed E-state index contributed by atoms with van der Waals surface area (Å²) in [6.45, 7) is 3.94. The van der Waals surface area contributed by atoms with Gasteiger partial charge in [-0.3, -0.25) is 9.36 Å². The first-order valence-electron chi connectivity index (χ1n) is 7.19. The lowest BCUT2D eigenvalue weighted by Crippen LogP contribution is -2.19. The Morgan fingerprint density at radius 1 is 1.42 bits per heavy atom. The molecular formula is C16H16N2O4S2. The van der Waals surface area contributed by atoms with Crippen LogP contribution in [0.1, 0.15) is 26.8 Å². The van der Waals surface area contributed by atoms with Gasteiger partial charge >= 0.3 is 5.97 Å². The van der Waals surface area contributed by atoms with Crippen LogP contribution in [0.2, 0.25) is 0 Å². The zero-order chi connectivity index (χ0) is 17.4. The summed E-state index contributed by atoms with van der Waals surface area (Å²) >= 11 is 2.92. The van der Waals surface area contributed by atoms with Gasteiger partial charge in [0.2, 0.25) is 5.76 Å². The number of hydrogen-bond acceptors (Lipinski definition) is 7. The lowest BCUT2D eigenvalue weighted by atomic mass is 10.2. The minimum Gasteiger partial charge on any atom is -0.463 e. The van der Waals surface area contributed by atoms with E-state index in [1.54, 1.807) is 23.7 Å². The van der Waals surface area contributed by atoms with Crippen molar-refractivity contribution in [2.75, 3.05) is 7.11 Å². The number of carbonyl (C=O) groups excluding carboxylic acids is 1. The van der Waals surface area contributed by atoms with Crippen molar-refractivity contribution in [3.63, 3.8) is 0 Å². The summed E-state index contributed by atoms with van der Waals surface area (Å²) in [4.78, 5) is 30.4. The molecule has 0 aliphatic carbocycles. The first-order valence-corrected chi connectivity index (χ1v) is 8.99. The van der Waals surface area contributed by atoms with Crippen LogP contribution in [0.5, 0.6) is 0 Å². The van der Waals surface area contributed by atoms with Gasteiger partial charge in [0.25, 0.3) is 5.56 Å². The van der Waals surface area contributed by atoms with Gasteiger partial charge in [-0.15, -0.1) is 11.3 Å². The Labute approximate surface area is 146 Å². The number of rotatable bonds is 4. The van der Waals surface area contributed by atoms with E-state index in [0.717, 1.165) is 15.3 Å². The number of hydrogen-bond donors (Lipinski definition) is 0. The normalized spacial score (nSPS) is 11.2. The van der Waals surface area contributed by atoms with E-state index in [2.05, 4.69) is 9.72 Å². The summed E-state index contributed by atoms with van der Waals surface area (Å²) in [5, 5.41) is 1.31.